The number of amidine groups is 1. The molecule has 0 aromatic rings. The Labute approximate surface area is 138 Å². The summed E-state index contributed by atoms with van der Waals surface area (Å²) in [6.07, 6.45) is 9.28. The molecule has 3 heterocycles. The smallest absolute Gasteiger partial charge is 0.154 e. The van der Waals surface area contributed by atoms with Gasteiger partial charge in [0.05, 0.1) is 12.0 Å². The molecule has 5 heteroatoms. The number of allylic oxidation sites excluding steroid dienone is 1. The van der Waals surface area contributed by atoms with Crippen molar-refractivity contribution in [1.82, 2.24) is 10.2 Å². The van der Waals surface area contributed by atoms with Crippen molar-refractivity contribution in [2.45, 2.75) is 51.6 Å². The number of hydrogen-bond acceptors (Lipinski definition) is 4. The van der Waals surface area contributed by atoms with Crippen molar-refractivity contribution in [1.29, 1.82) is 0 Å². The third-order valence-corrected chi connectivity index (χ3v) is 5.22. The first-order chi connectivity index (χ1) is 11.2. The van der Waals surface area contributed by atoms with Gasteiger partial charge in [-0.2, -0.15) is 0 Å². The molecule has 2 fully saturated rings. The lowest BCUT2D eigenvalue weighted by Gasteiger charge is -2.30. The minimum Gasteiger partial charge on any atom is -0.331 e. The fourth-order valence-electron chi connectivity index (χ4n) is 3.56. The number of piperidine rings is 1. The lowest BCUT2D eigenvalue weighted by molar-refractivity contribution is 0.438. The number of rotatable bonds is 4. The average molecular weight is 313 g/mol. The van der Waals surface area contributed by atoms with E-state index in [1.165, 1.54) is 37.1 Å². The first-order valence-electron chi connectivity index (χ1n) is 9.09. The Morgan fingerprint density at radius 1 is 1.26 bits per heavy atom. The number of aliphatic imine (C=N–C) groups is 3. The minimum absolute atomic E-state index is 0.0293. The van der Waals surface area contributed by atoms with Crippen LogP contribution in [0.4, 0.5) is 0 Å². The van der Waals surface area contributed by atoms with Crippen molar-refractivity contribution in [3.8, 4) is 0 Å². The predicted molar refractivity (Wildman–Crippen MR) is 95.4 cm³/mol. The van der Waals surface area contributed by atoms with Crippen LogP contribution in [0.25, 0.3) is 0 Å². The van der Waals surface area contributed by atoms with E-state index in [9.17, 15) is 0 Å². The molecule has 0 aromatic carbocycles. The molecule has 23 heavy (non-hydrogen) atoms. The number of hydrogen-bond donors (Lipinski definition) is 1. The van der Waals surface area contributed by atoms with Crippen LogP contribution in [0.1, 0.15) is 39.5 Å². The van der Waals surface area contributed by atoms with Crippen molar-refractivity contribution in [2.24, 2.45) is 26.8 Å². The Morgan fingerprint density at radius 3 is 2.74 bits per heavy atom. The maximum Gasteiger partial charge on any atom is 0.154 e. The van der Waals surface area contributed by atoms with Crippen molar-refractivity contribution in [2.75, 3.05) is 19.6 Å². The van der Waals surface area contributed by atoms with Gasteiger partial charge in [-0.15, -0.1) is 0 Å². The van der Waals surface area contributed by atoms with E-state index < -0.39 is 0 Å². The van der Waals surface area contributed by atoms with E-state index in [0.29, 0.717) is 12.0 Å². The molecular formula is C18H27N5. The third-order valence-electron chi connectivity index (χ3n) is 5.22. The zero-order valence-corrected chi connectivity index (χ0v) is 14.2. The molecule has 4 aliphatic rings. The van der Waals surface area contributed by atoms with Crippen LogP contribution in [0.3, 0.4) is 0 Å². The fourth-order valence-corrected chi connectivity index (χ4v) is 3.56. The summed E-state index contributed by atoms with van der Waals surface area (Å²) < 4.78 is 0. The second-order valence-corrected chi connectivity index (χ2v) is 7.44. The van der Waals surface area contributed by atoms with E-state index in [1.807, 2.05) is 6.34 Å². The van der Waals surface area contributed by atoms with Gasteiger partial charge >= 0.3 is 0 Å². The molecule has 1 saturated carbocycles. The normalized spacial score (nSPS) is 30.0. The molecule has 1 saturated heterocycles. The summed E-state index contributed by atoms with van der Waals surface area (Å²) >= 11 is 0. The Kier molecular flexibility index (Phi) is 4.05. The summed E-state index contributed by atoms with van der Waals surface area (Å²) in [7, 11) is 0. The third kappa shape index (κ3) is 3.11. The van der Waals surface area contributed by atoms with Crippen LogP contribution in [-0.4, -0.2) is 54.5 Å². The molecule has 0 aromatic heterocycles. The van der Waals surface area contributed by atoms with Gasteiger partial charge in [0, 0.05) is 24.2 Å². The minimum atomic E-state index is 0.0293. The maximum atomic E-state index is 4.96. The molecule has 3 aliphatic heterocycles. The van der Waals surface area contributed by atoms with Crippen LogP contribution in [0, 0.1) is 11.8 Å². The lowest BCUT2D eigenvalue weighted by atomic mass is 9.90. The highest BCUT2D eigenvalue weighted by molar-refractivity contribution is 6.12. The largest absolute Gasteiger partial charge is 0.331 e. The number of nitrogens with one attached hydrogen (secondary N) is 1. The Morgan fingerprint density at radius 2 is 2.04 bits per heavy atom. The van der Waals surface area contributed by atoms with Gasteiger partial charge in [0.25, 0.3) is 0 Å². The molecule has 124 valence electrons. The van der Waals surface area contributed by atoms with E-state index >= 15 is 0 Å². The SMILES string of the molecule is CC(C)N1C=NC2C1=CC(C1CCNCC1)=NC2=NCC1CC1. The monoisotopic (exact) mass is 313 g/mol. The summed E-state index contributed by atoms with van der Waals surface area (Å²) in [6, 6.07) is 0.452. The molecule has 1 aliphatic carbocycles. The van der Waals surface area contributed by atoms with Crippen molar-refractivity contribution in [3.63, 3.8) is 0 Å². The van der Waals surface area contributed by atoms with Crippen molar-refractivity contribution >= 4 is 17.9 Å². The quantitative estimate of drug-likeness (QED) is 0.865. The first kappa shape index (κ1) is 15.1. The Hall–Kier alpha value is -1.49. The standard InChI is InChI=1S/C18H27N5/c1-12(2)23-11-21-17-16(23)9-15(14-5-7-19-8-6-14)22-18(17)20-10-13-3-4-13/h9,11-14,17,19H,3-8,10H2,1-2H3. The summed E-state index contributed by atoms with van der Waals surface area (Å²) in [5.41, 5.74) is 2.50. The molecule has 5 nitrogen and oxygen atoms in total. The molecule has 1 atom stereocenters. The lowest BCUT2D eigenvalue weighted by Crippen LogP contribution is -2.37. The molecule has 0 amide bonds. The summed E-state index contributed by atoms with van der Waals surface area (Å²) in [6.45, 7) is 7.54. The zero-order chi connectivity index (χ0) is 15.8. The van der Waals surface area contributed by atoms with Gasteiger partial charge in [0.15, 0.2) is 11.9 Å². The fraction of sp³-hybridized carbons (Fsp3) is 0.722. The van der Waals surface area contributed by atoms with Gasteiger partial charge in [-0.1, -0.05) is 0 Å². The van der Waals surface area contributed by atoms with Crippen LogP contribution in [0.5, 0.6) is 0 Å². The van der Waals surface area contributed by atoms with Crippen LogP contribution < -0.4 is 5.32 Å². The van der Waals surface area contributed by atoms with E-state index in [4.69, 9.17) is 15.0 Å². The highest BCUT2D eigenvalue weighted by Gasteiger charge is 2.35. The average Bonchev–Trinajstić information content (AvgIpc) is 3.29. The van der Waals surface area contributed by atoms with Crippen molar-refractivity contribution in [3.05, 3.63) is 11.8 Å². The maximum absolute atomic E-state index is 4.96. The Balaban J connectivity index is 1.63. The second kappa shape index (κ2) is 6.19. The van der Waals surface area contributed by atoms with E-state index in [1.54, 1.807) is 0 Å². The summed E-state index contributed by atoms with van der Waals surface area (Å²) in [5.74, 6) is 2.30. The molecule has 0 spiro atoms. The Bertz CT molecular complexity index is 576. The zero-order valence-electron chi connectivity index (χ0n) is 14.2. The molecule has 0 bridgehead atoms. The predicted octanol–water partition coefficient (Wildman–Crippen LogP) is 2.25. The van der Waals surface area contributed by atoms with Crippen LogP contribution in [-0.2, 0) is 0 Å². The van der Waals surface area contributed by atoms with Crippen LogP contribution in [0.15, 0.2) is 26.8 Å². The topological polar surface area (TPSA) is 52.3 Å². The summed E-state index contributed by atoms with van der Waals surface area (Å²) in [5, 5.41) is 3.45. The molecule has 1 unspecified atom stereocenters. The van der Waals surface area contributed by atoms with Crippen LogP contribution >= 0.6 is 0 Å². The van der Waals surface area contributed by atoms with E-state index in [0.717, 1.165) is 31.4 Å². The van der Waals surface area contributed by atoms with Crippen molar-refractivity contribution < 1.29 is 0 Å². The van der Waals surface area contributed by atoms with Gasteiger partial charge in [-0.25, -0.2) is 4.99 Å². The van der Waals surface area contributed by atoms with Gasteiger partial charge < -0.3 is 10.2 Å². The van der Waals surface area contributed by atoms with Gasteiger partial charge in [-0.05, 0) is 64.6 Å². The first-order valence-corrected chi connectivity index (χ1v) is 9.09. The molecular weight excluding hydrogens is 286 g/mol. The van der Waals surface area contributed by atoms with Gasteiger partial charge in [0.1, 0.15) is 0 Å². The number of dihydropyridines is 1. The van der Waals surface area contributed by atoms with E-state index in [2.05, 4.69) is 30.1 Å². The molecule has 0 radical (unpaired) electrons. The van der Waals surface area contributed by atoms with Gasteiger partial charge in [-0.3, -0.25) is 9.98 Å². The second-order valence-electron chi connectivity index (χ2n) is 7.44. The van der Waals surface area contributed by atoms with E-state index in [-0.39, 0.29) is 6.04 Å². The molecule has 1 N–H and O–H groups in total. The highest BCUT2D eigenvalue weighted by atomic mass is 15.3. The van der Waals surface area contributed by atoms with Crippen LogP contribution in [0.2, 0.25) is 0 Å². The number of fused-ring (bicyclic) bond motifs is 1. The summed E-state index contributed by atoms with van der Waals surface area (Å²) in [4.78, 5) is 16.8. The highest BCUT2D eigenvalue weighted by Crippen LogP contribution is 2.31. The molecule has 4 rings (SSSR count). The van der Waals surface area contributed by atoms with Gasteiger partial charge in [0.2, 0.25) is 0 Å². The number of nitrogens with zero attached hydrogens (tertiary/aromatic N) is 4.